The number of hydrogen-bond donors (Lipinski definition) is 3. The summed E-state index contributed by atoms with van der Waals surface area (Å²) in [6.45, 7) is 1.85. The summed E-state index contributed by atoms with van der Waals surface area (Å²) < 4.78 is 5.56. The van der Waals surface area contributed by atoms with Gasteiger partial charge in [0.15, 0.2) is 11.6 Å². The molecule has 0 atom stereocenters. The molecule has 1 saturated heterocycles. The van der Waals surface area contributed by atoms with Crippen molar-refractivity contribution in [1.82, 2.24) is 25.3 Å². The normalized spacial score (nSPS) is 14.6. The summed E-state index contributed by atoms with van der Waals surface area (Å²) >= 11 is 0. The van der Waals surface area contributed by atoms with Gasteiger partial charge >= 0.3 is 0 Å². The zero-order chi connectivity index (χ0) is 21.2. The van der Waals surface area contributed by atoms with Crippen LogP contribution in [0.2, 0.25) is 0 Å². The number of rotatable bonds is 4. The number of nitrogen functional groups attached to an aromatic ring is 1. The first kappa shape index (κ1) is 19.1. The SMILES string of the molecule is Nc1cncc(-c2ccc3cnc(NC(=O)c4coc(C5CCNCC5)n4)cc3n2)c1. The van der Waals surface area contributed by atoms with Gasteiger partial charge in [-0.15, -0.1) is 0 Å². The Morgan fingerprint density at radius 3 is 2.84 bits per heavy atom. The average Bonchev–Trinajstić information content (AvgIpc) is 3.30. The molecule has 0 unspecified atom stereocenters. The highest BCUT2D eigenvalue weighted by atomic mass is 16.3. The van der Waals surface area contributed by atoms with E-state index in [2.05, 4.69) is 30.6 Å². The van der Waals surface area contributed by atoms with Crippen molar-refractivity contribution in [3.8, 4) is 11.3 Å². The number of carbonyl (C=O) groups is 1. The molecule has 4 aromatic heterocycles. The highest BCUT2D eigenvalue weighted by Gasteiger charge is 2.22. The van der Waals surface area contributed by atoms with Crippen LogP contribution in [0.15, 0.2) is 53.5 Å². The molecule has 1 aliphatic heterocycles. The third-order valence-corrected chi connectivity index (χ3v) is 5.31. The van der Waals surface area contributed by atoms with Gasteiger partial charge in [0.2, 0.25) is 0 Å². The molecule has 31 heavy (non-hydrogen) atoms. The van der Waals surface area contributed by atoms with Crippen molar-refractivity contribution in [2.45, 2.75) is 18.8 Å². The molecule has 156 valence electrons. The molecular weight excluding hydrogens is 394 g/mol. The highest BCUT2D eigenvalue weighted by Crippen LogP contribution is 2.25. The molecule has 4 aromatic rings. The predicted molar refractivity (Wildman–Crippen MR) is 116 cm³/mol. The number of nitrogens with one attached hydrogen (secondary N) is 2. The number of anilines is 2. The number of nitrogens with zero attached hydrogens (tertiary/aromatic N) is 4. The van der Waals surface area contributed by atoms with Crippen molar-refractivity contribution in [3.63, 3.8) is 0 Å². The average molecular weight is 415 g/mol. The maximum atomic E-state index is 12.6. The first-order valence-corrected chi connectivity index (χ1v) is 10.1. The number of oxazole rings is 1. The van der Waals surface area contributed by atoms with Gasteiger partial charge in [-0.05, 0) is 44.1 Å². The molecular formula is C22H21N7O2. The van der Waals surface area contributed by atoms with Crippen LogP contribution in [0.4, 0.5) is 11.5 Å². The van der Waals surface area contributed by atoms with E-state index < -0.39 is 0 Å². The second-order valence-electron chi connectivity index (χ2n) is 7.52. The number of aromatic nitrogens is 4. The second kappa shape index (κ2) is 8.11. The van der Waals surface area contributed by atoms with Gasteiger partial charge in [-0.3, -0.25) is 9.78 Å². The fourth-order valence-electron chi connectivity index (χ4n) is 3.67. The molecule has 0 bridgehead atoms. The van der Waals surface area contributed by atoms with Crippen LogP contribution in [0.1, 0.15) is 35.1 Å². The van der Waals surface area contributed by atoms with Crippen molar-refractivity contribution in [3.05, 3.63) is 60.7 Å². The minimum Gasteiger partial charge on any atom is -0.448 e. The van der Waals surface area contributed by atoms with Gasteiger partial charge in [-0.25, -0.2) is 15.0 Å². The van der Waals surface area contributed by atoms with Crippen LogP contribution in [0.5, 0.6) is 0 Å². The molecule has 0 spiro atoms. The molecule has 9 heteroatoms. The summed E-state index contributed by atoms with van der Waals surface area (Å²) in [7, 11) is 0. The lowest BCUT2D eigenvalue weighted by molar-refractivity contribution is 0.102. The summed E-state index contributed by atoms with van der Waals surface area (Å²) in [5, 5.41) is 6.94. The minimum atomic E-state index is -0.369. The topological polar surface area (TPSA) is 132 Å². The van der Waals surface area contributed by atoms with E-state index >= 15 is 0 Å². The second-order valence-corrected chi connectivity index (χ2v) is 7.52. The fourth-order valence-corrected chi connectivity index (χ4v) is 3.67. The number of pyridine rings is 3. The van der Waals surface area contributed by atoms with Crippen LogP contribution in [0.3, 0.4) is 0 Å². The van der Waals surface area contributed by atoms with Crippen LogP contribution in [-0.2, 0) is 0 Å². The molecule has 0 saturated carbocycles. The largest absolute Gasteiger partial charge is 0.448 e. The Balaban J connectivity index is 1.36. The molecule has 5 rings (SSSR count). The van der Waals surface area contributed by atoms with Gasteiger partial charge in [0.1, 0.15) is 12.1 Å². The van der Waals surface area contributed by atoms with Gasteiger partial charge in [-0.1, -0.05) is 0 Å². The molecule has 4 N–H and O–H groups in total. The number of nitrogens with two attached hydrogens (primary N) is 1. The quantitative estimate of drug-likeness (QED) is 0.463. The lowest BCUT2D eigenvalue weighted by Gasteiger charge is -2.19. The number of amides is 1. The highest BCUT2D eigenvalue weighted by molar-refractivity contribution is 6.02. The first-order chi connectivity index (χ1) is 15.2. The number of piperidine rings is 1. The lowest BCUT2D eigenvalue weighted by Crippen LogP contribution is -2.26. The lowest BCUT2D eigenvalue weighted by atomic mass is 9.98. The zero-order valence-corrected chi connectivity index (χ0v) is 16.7. The van der Waals surface area contributed by atoms with E-state index in [4.69, 9.17) is 10.2 Å². The predicted octanol–water partition coefficient (Wildman–Crippen LogP) is 2.98. The molecule has 5 heterocycles. The van der Waals surface area contributed by atoms with E-state index in [-0.39, 0.29) is 17.5 Å². The van der Waals surface area contributed by atoms with Crippen LogP contribution in [-0.4, -0.2) is 38.9 Å². The Hall–Kier alpha value is -3.85. The van der Waals surface area contributed by atoms with Gasteiger partial charge in [0, 0.05) is 41.5 Å². The van der Waals surface area contributed by atoms with Crippen LogP contribution < -0.4 is 16.4 Å². The summed E-state index contributed by atoms with van der Waals surface area (Å²) in [4.78, 5) is 30.1. The Bertz CT molecular complexity index is 1250. The zero-order valence-electron chi connectivity index (χ0n) is 16.7. The third kappa shape index (κ3) is 4.08. The Kier molecular flexibility index (Phi) is 5.01. The molecule has 1 fully saturated rings. The Labute approximate surface area is 178 Å². The van der Waals surface area contributed by atoms with Crippen molar-refractivity contribution < 1.29 is 9.21 Å². The maximum Gasteiger partial charge on any atom is 0.278 e. The molecule has 0 radical (unpaired) electrons. The summed E-state index contributed by atoms with van der Waals surface area (Å²) in [5.41, 5.74) is 8.88. The summed E-state index contributed by atoms with van der Waals surface area (Å²) in [6, 6.07) is 7.35. The van der Waals surface area contributed by atoms with Gasteiger partial charge < -0.3 is 20.8 Å². The van der Waals surface area contributed by atoms with E-state index in [1.165, 1.54) is 6.26 Å². The van der Waals surface area contributed by atoms with Crippen molar-refractivity contribution in [2.75, 3.05) is 24.1 Å². The maximum absolute atomic E-state index is 12.6. The Morgan fingerprint density at radius 2 is 2.00 bits per heavy atom. The molecule has 0 aliphatic carbocycles. The Morgan fingerprint density at radius 1 is 1.13 bits per heavy atom. The number of carbonyl (C=O) groups excluding carboxylic acids is 1. The van der Waals surface area contributed by atoms with E-state index in [1.54, 1.807) is 24.7 Å². The first-order valence-electron chi connectivity index (χ1n) is 10.1. The number of hydrogen-bond acceptors (Lipinski definition) is 8. The van der Waals surface area contributed by atoms with E-state index in [0.29, 0.717) is 22.9 Å². The van der Waals surface area contributed by atoms with Crippen molar-refractivity contribution in [1.29, 1.82) is 0 Å². The van der Waals surface area contributed by atoms with E-state index in [0.717, 1.165) is 42.6 Å². The van der Waals surface area contributed by atoms with Crippen LogP contribution in [0, 0.1) is 0 Å². The molecule has 0 aromatic carbocycles. The summed E-state index contributed by atoms with van der Waals surface area (Å²) in [5.74, 6) is 0.872. The van der Waals surface area contributed by atoms with Crippen molar-refractivity contribution in [2.24, 2.45) is 0 Å². The minimum absolute atomic E-state index is 0.239. The van der Waals surface area contributed by atoms with Gasteiger partial charge in [0.25, 0.3) is 5.91 Å². The third-order valence-electron chi connectivity index (χ3n) is 5.31. The smallest absolute Gasteiger partial charge is 0.278 e. The van der Waals surface area contributed by atoms with Crippen molar-refractivity contribution >= 4 is 28.3 Å². The van der Waals surface area contributed by atoms with Crippen LogP contribution in [0.25, 0.3) is 22.2 Å². The monoisotopic (exact) mass is 415 g/mol. The van der Waals surface area contributed by atoms with Crippen LogP contribution >= 0.6 is 0 Å². The molecule has 1 aliphatic rings. The fraction of sp³-hybridized carbons (Fsp3) is 0.227. The summed E-state index contributed by atoms with van der Waals surface area (Å²) in [6.07, 6.45) is 8.26. The molecule has 9 nitrogen and oxygen atoms in total. The van der Waals surface area contributed by atoms with Gasteiger partial charge in [-0.2, -0.15) is 0 Å². The van der Waals surface area contributed by atoms with E-state index in [1.807, 2.05) is 18.2 Å². The molecule has 1 amide bonds. The van der Waals surface area contributed by atoms with Gasteiger partial charge in [0.05, 0.1) is 16.9 Å². The number of fused-ring (bicyclic) bond motifs is 1. The standard InChI is InChI=1S/C22H21N7O2/c23-16-7-15(9-25-11-16)17-2-1-14-10-26-20(8-18(14)27-17)29-21(30)19-12-31-22(28-19)13-3-5-24-6-4-13/h1-2,7-13,24H,3-6,23H2,(H,26,29,30). The van der Waals surface area contributed by atoms with E-state index in [9.17, 15) is 4.79 Å².